The van der Waals surface area contributed by atoms with Crippen LogP contribution in [0, 0.1) is 5.92 Å². The average Bonchev–Trinajstić information content (AvgIpc) is 2.48. The number of methoxy groups -OCH3 is 1. The minimum absolute atomic E-state index is 0.109. The first-order chi connectivity index (χ1) is 10.0. The number of amides is 1. The van der Waals surface area contributed by atoms with Gasteiger partial charge in [-0.15, -0.1) is 0 Å². The van der Waals surface area contributed by atoms with E-state index in [0.717, 1.165) is 24.2 Å². The summed E-state index contributed by atoms with van der Waals surface area (Å²) in [5, 5.41) is 3.08. The number of nitrogens with zero attached hydrogens (tertiary/aromatic N) is 1. The molecule has 1 atom stereocenters. The van der Waals surface area contributed by atoms with E-state index in [1.54, 1.807) is 7.11 Å². The number of hydrogen-bond donors (Lipinski definition) is 1. The van der Waals surface area contributed by atoms with Crippen LogP contribution in [0.3, 0.4) is 0 Å². The zero-order chi connectivity index (χ0) is 15.8. The van der Waals surface area contributed by atoms with Crippen molar-refractivity contribution in [3.63, 3.8) is 0 Å². The molecule has 0 saturated heterocycles. The number of ether oxygens (including phenoxy) is 1. The van der Waals surface area contributed by atoms with Crippen LogP contribution in [0.15, 0.2) is 24.3 Å². The van der Waals surface area contributed by atoms with E-state index in [9.17, 15) is 4.79 Å². The molecule has 4 nitrogen and oxygen atoms in total. The smallest absolute Gasteiger partial charge is 0.223 e. The summed E-state index contributed by atoms with van der Waals surface area (Å²) in [5.74, 6) is 1.10. The zero-order valence-electron chi connectivity index (χ0n) is 13.8. The van der Waals surface area contributed by atoms with Gasteiger partial charge >= 0.3 is 0 Å². The van der Waals surface area contributed by atoms with E-state index < -0.39 is 0 Å². The molecule has 4 heteroatoms. The maximum absolute atomic E-state index is 12.1. The van der Waals surface area contributed by atoms with Gasteiger partial charge < -0.3 is 15.0 Å². The van der Waals surface area contributed by atoms with Crippen molar-refractivity contribution >= 4 is 5.91 Å². The molecule has 1 unspecified atom stereocenters. The van der Waals surface area contributed by atoms with E-state index in [1.807, 2.05) is 32.3 Å². The Morgan fingerprint density at radius 1 is 1.29 bits per heavy atom. The van der Waals surface area contributed by atoms with Gasteiger partial charge in [-0.25, -0.2) is 0 Å². The number of likely N-dealkylation sites (N-methyl/N-ethyl adjacent to an activating group) is 1. The van der Waals surface area contributed by atoms with Crippen molar-refractivity contribution < 1.29 is 9.53 Å². The molecule has 0 aliphatic rings. The Labute approximate surface area is 128 Å². The molecule has 0 heterocycles. The predicted octanol–water partition coefficient (Wildman–Crippen LogP) is 2.85. The lowest BCUT2D eigenvalue weighted by atomic mass is 10.0. The van der Waals surface area contributed by atoms with Crippen molar-refractivity contribution in [3.05, 3.63) is 29.8 Å². The molecule has 1 rings (SSSR count). The van der Waals surface area contributed by atoms with Crippen molar-refractivity contribution in [2.45, 2.75) is 32.7 Å². The van der Waals surface area contributed by atoms with E-state index >= 15 is 0 Å². The van der Waals surface area contributed by atoms with Crippen molar-refractivity contribution in [3.8, 4) is 5.75 Å². The molecule has 0 aliphatic heterocycles. The highest BCUT2D eigenvalue weighted by molar-refractivity contribution is 5.78. The Morgan fingerprint density at radius 3 is 2.48 bits per heavy atom. The first-order valence-corrected chi connectivity index (χ1v) is 7.61. The van der Waals surface area contributed by atoms with Crippen LogP contribution >= 0.6 is 0 Å². The van der Waals surface area contributed by atoms with Gasteiger partial charge in [-0.05, 0) is 44.6 Å². The van der Waals surface area contributed by atoms with Crippen LogP contribution in [0.5, 0.6) is 5.75 Å². The highest BCUT2D eigenvalue weighted by atomic mass is 16.5. The molecule has 118 valence electrons. The van der Waals surface area contributed by atoms with Crippen LogP contribution in [0.1, 0.15) is 38.3 Å². The van der Waals surface area contributed by atoms with E-state index in [1.165, 1.54) is 0 Å². The normalized spacial score (nSPS) is 12.5. The van der Waals surface area contributed by atoms with E-state index in [2.05, 4.69) is 30.1 Å². The minimum atomic E-state index is 0.109. The molecule has 0 bridgehead atoms. The summed E-state index contributed by atoms with van der Waals surface area (Å²) in [7, 11) is 5.71. The molecule has 0 radical (unpaired) electrons. The molecular formula is C17H28N2O2. The molecule has 1 aromatic rings. The molecule has 1 aromatic carbocycles. The summed E-state index contributed by atoms with van der Waals surface area (Å²) < 4.78 is 5.28. The maximum Gasteiger partial charge on any atom is 0.223 e. The zero-order valence-corrected chi connectivity index (χ0v) is 13.8. The summed E-state index contributed by atoms with van der Waals surface area (Å²) >= 11 is 0. The Balaban J connectivity index is 2.76. The molecule has 0 aliphatic carbocycles. The topological polar surface area (TPSA) is 41.6 Å². The third kappa shape index (κ3) is 5.05. The van der Waals surface area contributed by atoms with Crippen LogP contribution in [0.2, 0.25) is 0 Å². The second-order valence-corrected chi connectivity index (χ2v) is 5.51. The fraction of sp³-hybridized carbons (Fsp3) is 0.588. The fourth-order valence-electron chi connectivity index (χ4n) is 2.45. The fourth-order valence-corrected chi connectivity index (χ4v) is 2.45. The molecule has 1 amide bonds. The number of benzene rings is 1. The highest BCUT2D eigenvalue weighted by Crippen LogP contribution is 2.22. The summed E-state index contributed by atoms with van der Waals surface area (Å²) in [6.07, 6.45) is 1.77. The lowest BCUT2D eigenvalue weighted by Crippen LogP contribution is -2.37. The van der Waals surface area contributed by atoms with Crippen LogP contribution in [-0.4, -0.2) is 38.6 Å². The molecule has 1 N–H and O–H groups in total. The van der Waals surface area contributed by atoms with Crippen molar-refractivity contribution in [2.24, 2.45) is 5.92 Å². The molecule has 0 fully saturated rings. The third-order valence-corrected chi connectivity index (χ3v) is 3.93. The van der Waals surface area contributed by atoms with Gasteiger partial charge in [-0.2, -0.15) is 0 Å². The van der Waals surface area contributed by atoms with Gasteiger partial charge in [-0.1, -0.05) is 26.0 Å². The van der Waals surface area contributed by atoms with Gasteiger partial charge in [0.25, 0.3) is 0 Å². The van der Waals surface area contributed by atoms with Crippen LogP contribution in [0.25, 0.3) is 0 Å². The monoisotopic (exact) mass is 292 g/mol. The summed E-state index contributed by atoms with van der Waals surface area (Å²) in [5.41, 5.74) is 1.14. The Kier molecular flexibility index (Phi) is 7.23. The minimum Gasteiger partial charge on any atom is -0.497 e. The molecule has 0 saturated carbocycles. The quantitative estimate of drug-likeness (QED) is 0.801. The summed E-state index contributed by atoms with van der Waals surface area (Å²) in [6.45, 7) is 4.72. The average molecular weight is 292 g/mol. The van der Waals surface area contributed by atoms with E-state index in [4.69, 9.17) is 4.74 Å². The van der Waals surface area contributed by atoms with Crippen LogP contribution in [0.4, 0.5) is 0 Å². The number of rotatable bonds is 8. The van der Waals surface area contributed by atoms with Crippen molar-refractivity contribution in [1.82, 2.24) is 10.2 Å². The third-order valence-electron chi connectivity index (χ3n) is 3.93. The molecule has 0 aromatic heterocycles. The van der Waals surface area contributed by atoms with Crippen molar-refractivity contribution in [2.75, 3.05) is 27.7 Å². The standard InChI is InChI=1S/C17H28N2O2/c1-6-13(7-2)17(20)18-12-16(19(3)4)14-9-8-10-15(11-14)21-5/h8-11,13,16H,6-7,12H2,1-5H3,(H,18,20). The maximum atomic E-state index is 12.1. The van der Waals surface area contributed by atoms with Gasteiger partial charge in [0.1, 0.15) is 5.75 Å². The highest BCUT2D eigenvalue weighted by Gasteiger charge is 2.19. The summed E-state index contributed by atoms with van der Waals surface area (Å²) in [4.78, 5) is 14.2. The number of hydrogen-bond acceptors (Lipinski definition) is 3. The lowest BCUT2D eigenvalue weighted by molar-refractivity contribution is -0.125. The van der Waals surface area contributed by atoms with E-state index in [-0.39, 0.29) is 17.9 Å². The van der Waals surface area contributed by atoms with E-state index in [0.29, 0.717) is 6.54 Å². The van der Waals surface area contributed by atoms with Crippen LogP contribution in [-0.2, 0) is 4.79 Å². The van der Waals surface area contributed by atoms with Crippen LogP contribution < -0.4 is 10.1 Å². The molecular weight excluding hydrogens is 264 g/mol. The number of carbonyl (C=O) groups excluding carboxylic acids is 1. The van der Waals surface area contributed by atoms with Gasteiger partial charge in [0.05, 0.1) is 13.2 Å². The second-order valence-electron chi connectivity index (χ2n) is 5.51. The lowest BCUT2D eigenvalue weighted by Gasteiger charge is -2.26. The predicted molar refractivity (Wildman–Crippen MR) is 86.5 cm³/mol. The Hall–Kier alpha value is -1.55. The Bertz CT molecular complexity index is 442. The largest absolute Gasteiger partial charge is 0.497 e. The van der Waals surface area contributed by atoms with Gasteiger partial charge in [-0.3, -0.25) is 4.79 Å². The summed E-state index contributed by atoms with van der Waals surface area (Å²) in [6, 6.07) is 8.13. The van der Waals surface area contributed by atoms with Gasteiger partial charge in [0, 0.05) is 12.5 Å². The van der Waals surface area contributed by atoms with Crippen molar-refractivity contribution in [1.29, 1.82) is 0 Å². The first kappa shape index (κ1) is 17.5. The Morgan fingerprint density at radius 2 is 1.95 bits per heavy atom. The molecule has 0 spiro atoms. The van der Waals surface area contributed by atoms with Gasteiger partial charge in [0.2, 0.25) is 5.91 Å². The SMILES string of the molecule is CCC(CC)C(=O)NCC(c1cccc(OC)c1)N(C)C. The first-order valence-electron chi connectivity index (χ1n) is 7.61. The number of nitrogens with one attached hydrogen (secondary N) is 1. The number of carbonyl (C=O) groups is 1. The second kappa shape index (κ2) is 8.67. The molecule has 21 heavy (non-hydrogen) atoms. The van der Waals surface area contributed by atoms with Gasteiger partial charge in [0.15, 0.2) is 0 Å².